The van der Waals surface area contributed by atoms with Gasteiger partial charge in [0.1, 0.15) is 0 Å². The molecule has 0 bridgehead atoms. The number of anilines is 2. The van der Waals surface area contributed by atoms with Crippen molar-refractivity contribution >= 4 is 78.2 Å². The maximum Gasteiger partial charge on any atom is 0.251 e. The second-order valence-corrected chi connectivity index (χ2v) is 20.0. The van der Waals surface area contributed by atoms with Crippen molar-refractivity contribution in [3.8, 4) is 22.5 Å². The molecular formula is C53H47N11O4S2. The highest BCUT2D eigenvalue weighted by atomic mass is 32.2. The molecule has 10 aromatic rings. The highest BCUT2D eigenvalue weighted by Gasteiger charge is 2.25. The van der Waals surface area contributed by atoms with Crippen molar-refractivity contribution in [2.45, 2.75) is 55.6 Å². The molecule has 0 unspecified atom stereocenters. The van der Waals surface area contributed by atoms with E-state index in [1.165, 1.54) is 17.0 Å². The molecule has 2 aliphatic rings. The van der Waals surface area contributed by atoms with Gasteiger partial charge in [0.25, 0.3) is 11.8 Å². The van der Waals surface area contributed by atoms with E-state index < -0.39 is 10.0 Å². The Bertz CT molecular complexity index is 3660. The number of primary sulfonamides is 1. The van der Waals surface area contributed by atoms with E-state index in [1.54, 1.807) is 23.5 Å². The van der Waals surface area contributed by atoms with E-state index in [2.05, 4.69) is 47.6 Å². The van der Waals surface area contributed by atoms with Gasteiger partial charge in [0, 0.05) is 45.8 Å². The fourth-order valence-electron chi connectivity index (χ4n) is 8.34. The zero-order chi connectivity index (χ0) is 47.8. The van der Waals surface area contributed by atoms with Crippen molar-refractivity contribution in [3.63, 3.8) is 0 Å². The van der Waals surface area contributed by atoms with E-state index in [1.807, 2.05) is 109 Å². The Kier molecular flexibility index (Phi) is 12.0. The molecule has 5 aromatic carbocycles. The van der Waals surface area contributed by atoms with Gasteiger partial charge in [0.15, 0.2) is 22.9 Å². The van der Waals surface area contributed by atoms with Crippen LogP contribution < -0.4 is 26.4 Å². The number of nitrogens with one attached hydrogen (secondary N) is 4. The first-order valence-corrected chi connectivity index (χ1v) is 25.5. The fourth-order valence-corrected chi connectivity index (χ4v) is 9.50. The van der Waals surface area contributed by atoms with Crippen LogP contribution in [0.2, 0.25) is 0 Å². The summed E-state index contributed by atoms with van der Waals surface area (Å²) in [5, 5.41) is 20.2. The van der Waals surface area contributed by atoms with Crippen LogP contribution in [0.15, 0.2) is 156 Å². The van der Waals surface area contributed by atoms with Crippen LogP contribution in [0.1, 0.15) is 56.8 Å². The summed E-state index contributed by atoms with van der Waals surface area (Å²) in [6, 6.07) is 42.6. The minimum absolute atomic E-state index is 0.00750. The first kappa shape index (κ1) is 44.5. The highest BCUT2D eigenvalue weighted by Crippen LogP contribution is 2.31. The van der Waals surface area contributed by atoms with Gasteiger partial charge >= 0.3 is 0 Å². The number of imidazole rings is 2. The number of thiophene rings is 1. The lowest BCUT2D eigenvalue weighted by atomic mass is 10.1. The van der Waals surface area contributed by atoms with E-state index in [4.69, 9.17) is 25.1 Å². The largest absolute Gasteiger partial charge is 0.367 e. The first-order chi connectivity index (χ1) is 34.1. The van der Waals surface area contributed by atoms with Crippen molar-refractivity contribution in [2.24, 2.45) is 5.14 Å². The summed E-state index contributed by atoms with van der Waals surface area (Å²) < 4.78 is 27.2. The molecule has 0 saturated heterocycles. The van der Waals surface area contributed by atoms with Crippen LogP contribution >= 0.6 is 11.3 Å². The number of aromatic nitrogens is 6. The number of fused-ring (bicyclic) bond motifs is 6. The van der Waals surface area contributed by atoms with Gasteiger partial charge in [-0.2, -0.15) is 0 Å². The number of benzene rings is 5. The van der Waals surface area contributed by atoms with E-state index in [-0.39, 0.29) is 16.7 Å². The van der Waals surface area contributed by atoms with Gasteiger partial charge < -0.3 is 21.3 Å². The predicted molar refractivity (Wildman–Crippen MR) is 274 cm³/mol. The number of rotatable bonds is 14. The maximum absolute atomic E-state index is 12.4. The van der Waals surface area contributed by atoms with E-state index in [9.17, 15) is 18.0 Å². The number of carbonyl (C=O) groups is 2. The number of nitrogens with zero attached hydrogens (tertiary/aromatic N) is 6. The van der Waals surface area contributed by atoms with Crippen LogP contribution in [0.5, 0.6) is 0 Å². The fraction of sp³-hybridized carbons (Fsp3) is 0.170. The predicted octanol–water partition coefficient (Wildman–Crippen LogP) is 8.86. The van der Waals surface area contributed by atoms with Gasteiger partial charge in [0.05, 0.1) is 57.3 Å². The molecule has 70 heavy (non-hydrogen) atoms. The molecule has 17 heteroatoms. The molecule has 2 saturated carbocycles. The average Bonchev–Trinajstić information content (AvgIpc) is 4.19. The molecule has 15 nitrogen and oxygen atoms in total. The Balaban J connectivity index is 0.000000154. The number of hydrogen-bond acceptors (Lipinski definition) is 11. The molecule has 6 N–H and O–H groups in total. The Hall–Kier alpha value is -7.99. The maximum atomic E-state index is 12.4. The van der Waals surface area contributed by atoms with Gasteiger partial charge in [-0.25, -0.2) is 33.5 Å². The Morgan fingerprint density at radius 3 is 1.59 bits per heavy atom. The normalized spacial score (nSPS) is 13.6. The number of hydrogen-bond donors (Lipinski definition) is 5. The van der Waals surface area contributed by atoms with E-state index in [0.717, 1.165) is 87.3 Å². The van der Waals surface area contributed by atoms with Crippen molar-refractivity contribution in [3.05, 3.63) is 173 Å². The number of para-hydroxylation sites is 4. The molecule has 12 rings (SSSR count). The van der Waals surface area contributed by atoms with Gasteiger partial charge in [-0.05, 0) is 110 Å². The first-order valence-electron chi connectivity index (χ1n) is 23.1. The number of carbonyl (C=O) groups excluding carboxylic acids is 2. The Labute approximate surface area is 406 Å². The summed E-state index contributed by atoms with van der Waals surface area (Å²) >= 11 is 1.71. The van der Waals surface area contributed by atoms with Gasteiger partial charge in [-0.15, -0.1) is 11.3 Å². The minimum atomic E-state index is -3.71. The van der Waals surface area contributed by atoms with Crippen LogP contribution in [0, 0.1) is 0 Å². The number of nitrogens with two attached hydrogens (primary N) is 1. The molecule has 2 fully saturated rings. The molecule has 0 radical (unpaired) electrons. The molecule has 5 heterocycles. The molecule has 0 aliphatic heterocycles. The molecule has 5 aromatic heterocycles. The third-order valence-corrected chi connectivity index (χ3v) is 14.1. The van der Waals surface area contributed by atoms with Crippen LogP contribution in [-0.4, -0.2) is 67.6 Å². The number of sulfonamides is 1. The zero-order valence-electron chi connectivity index (χ0n) is 37.7. The van der Waals surface area contributed by atoms with Crippen molar-refractivity contribution < 1.29 is 18.0 Å². The zero-order valence-corrected chi connectivity index (χ0v) is 39.4. The second-order valence-electron chi connectivity index (χ2n) is 17.5. The van der Waals surface area contributed by atoms with Crippen LogP contribution in [0.25, 0.3) is 55.9 Å². The van der Waals surface area contributed by atoms with E-state index >= 15 is 0 Å². The van der Waals surface area contributed by atoms with Crippen molar-refractivity contribution in [1.82, 2.24) is 39.4 Å². The lowest BCUT2D eigenvalue weighted by Crippen LogP contribution is -2.25. The van der Waals surface area contributed by atoms with Crippen LogP contribution in [-0.2, 0) is 23.0 Å². The van der Waals surface area contributed by atoms with Crippen LogP contribution in [0.3, 0.4) is 0 Å². The molecule has 2 amide bonds. The summed E-state index contributed by atoms with van der Waals surface area (Å²) in [7, 11) is -3.71. The molecule has 2 aliphatic carbocycles. The Morgan fingerprint density at radius 1 is 0.614 bits per heavy atom. The van der Waals surface area contributed by atoms with Gasteiger partial charge in [-0.1, -0.05) is 66.7 Å². The summed E-state index contributed by atoms with van der Waals surface area (Å²) in [5.41, 5.74) is 11.2. The molecule has 350 valence electrons. The third kappa shape index (κ3) is 9.54. The van der Waals surface area contributed by atoms with Crippen molar-refractivity contribution in [1.29, 1.82) is 0 Å². The monoisotopic (exact) mass is 965 g/mol. The van der Waals surface area contributed by atoms with E-state index in [0.29, 0.717) is 54.2 Å². The Morgan fingerprint density at radius 2 is 1.11 bits per heavy atom. The molecule has 0 spiro atoms. The average molecular weight is 966 g/mol. The van der Waals surface area contributed by atoms with Crippen molar-refractivity contribution in [2.75, 3.05) is 17.2 Å². The third-order valence-electron chi connectivity index (χ3n) is 12.3. The molecule has 0 atom stereocenters. The second kappa shape index (κ2) is 18.8. The number of amides is 2. The molecular weight excluding hydrogens is 919 g/mol. The summed E-state index contributed by atoms with van der Waals surface area (Å²) in [6.07, 6.45) is 8.61. The summed E-state index contributed by atoms with van der Waals surface area (Å²) in [5.74, 6) is 1.35. The topological polar surface area (TPSA) is 203 Å². The quantitative estimate of drug-likeness (QED) is 0.0701. The lowest BCUT2D eigenvalue weighted by Gasteiger charge is -2.12. The minimum Gasteiger partial charge on any atom is -0.367 e. The summed E-state index contributed by atoms with van der Waals surface area (Å²) in [6.45, 7) is 1.27. The highest BCUT2D eigenvalue weighted by molar-refractivity contribution is 7.89. The standard InChI is InChI=1S/C28H26N6O3S.C25H21N5OS/c29-38(36,37)22-13-5-18(6-14-22)15-16-30-26-27-31-17-25(34(27)24-4-2-1-3-23(24)33-26)19-7-9-20(10-8-19)28(35)32-21-11-12-21;31-25(28-18-11-12-18)17-9-7-16(8-10-17)22-15-27-24-23(26-14-19-4-3-13-32-19)29-20-5-1-2-6-21(20)30(22)24/h1-10,13-14,17,21H,11-12,15-16H2,(H,30,33)(H,32,35)(H2,29,36,37);1-10,13,15,18H,11-12,14H2,(H,26,29)(H,28,31). The van der Waals surface area contributed by atoms with Crippen LogP contribution in [0.4, 0.5) is 11.6 Å². The lowest BCUT2D eigenvalue weighted by molar-refractivity contribution is 0.0942. The van der Waals surface area contributed by atoms with Gasteiger partial charge in [0.2, 0.25) is 10.0 Å². The SMILES string of the molecule is NS(=O)(=O)c1ccc(CCNc2nc3ccccc3n3c(-c4ccc(C(=O)NC5CC5)cc4)cnc23)cc1.O=C(NC1CC1)c1ccc(-c2cnc3c(NCc4cccs4)nc4ccccc4n23)cc1. The smallest absolute Gasteiger partial charge is 0.251 e. The van der Waals surface area contributed by atoms with Gasteiger partial charge in [-0.3, -0.25) is 18.4 Å². The summed E-state index contributed by atoms with van der Waals surface area (Å²) in [4.78, 5) is 45.2.